The van der Waals surface area contributed by atoms with E-state index in [0.717, 1.165) is 5.76 Å². The highest BCUT2D eigenvalue weighted by Gasteiger charge is 2.20. The first-order valence-corrected chi connectivity index (χ1v) is 6.42. The predicted molar refractivity (Wildman–Crippen MR) is 68.0 cm³/mol. The highest BCUT2D eigenvalue weighted by Crippen LogP contribution is 2.15. The zero-order valence-electron chi connectivity index (χ0n) is 11.1. The molecular weight excluding hydrogens is 246 g/mol. The second-order valence-electron chi connectivity index (χ2n) is 4.04. The Kier molecular flexibility index (Phi) is 4.39. The summed E-state index contributed by atoms with van der Waals surface area (Å²) in [4.78, 5) is 16.0. The molecule has 0 aromatic carbocycles. The van der Waals surface area contributed by atoms with Crippen LogP contribution in [0, 0.1) is 0 Å². The van der Waals surface area contributed by atoms with E-state index in [9.17, 15) is 4.79 Å². The van der Waals surface area contributed by atoms with Crippen LogP contribution in [0.4, 0.5) is 0 Å². The zero-order chi connectivity index (χ0) is 13.7. The molecule has 0 aliphatic heterocycles. The van der Waals surface area contributed by atoms with Gasteiger partial charge >= 0.3 is 5.97 Å². The molecule has 0 saturated carbocycles. The Balaban J connectivity index is 2.07. The molecule has 0 amide bonds. The van der Waals surface area contributed by atoms with Gasteiger partial charge in [-0.1, -0.05) is 6.92 Å². The van der Waals surface area contributed by atoms with Gasteiger partial charge in [-0.3, -0.25) is 0 Å². The first kappa shape index (κ1) is 13.4. The lowest BCUT2D eigenvalue weighted by atomic mass is 10.2. The van der Waals surface area contributed by atoms with E-state index in [2.05, 4.69) is 4.98 Å². The van der Waals surface area contributed by atoms with Crippen LogP contribution in [0.1, 0.15) is 41.7 Å². The fourth-order valence-corrected chi connectivity index (χ4v) is 1.79. The molecule has 0 aliphatic rings. The first-order valence-electron chi connectivity index (χ1n) is 6.42. The summed E-state index contributed by atoms with van der Waals surface area (Å²) in [6.07, 6.45) is 3.56. The van der Waals surface area contributed by atoms with Crippen LogP contribution in [0.5, 0.6) is 0 Å². The highest BCUT2D eigenvalue weighted by molar-refractivity contribution is 5.87. The second-order valence-corrected chi connectivity index (χ2v) is 4.04. The Morgan fingerprint density at radius 3 is 2.84 bits per heavy atom. The van der Waals surface area contributed by atoms with Crippen LogP contribution in [0.25, 0.3) is 0 Å². The highest BCUT2D eigenvalue weighted by atomic mass is 16.5. The van der Waals surface area contributed by atoms with Crippen LogP contribution in [0.3, 0.4) is 0 Å². The second kappa shape index (κ2) is 6.22. The van der Waals surface area contributed by atoms with E-state index in [0.29, 0.717) is 37.5 Å². The van der Waals surface area contributed by atoms with E-state index in [4.69, 9.17) is 13.6 Å². The van der Waals surface area contributed by atoms with Crippen molar-refractivity contribution in [3.8, 4) is 0 Å². The number of aromatic nitrogens is 1. The fraction of sp³-hybridized carbons (Fsp3) is 0.429. The minimum atomic E-state index is -0.448. The van der Waals surface area contributed by atoms with Crippen molar-refractivity contribution in [3.63, 3.8) is 0 Å². The number of oxazole rings is 1. The molecule has 0 atom stereocenters. The van der Waals surface area contributed by atoms with Gasteiger partial charge in [0.25, 0.3) is 0 Å². The predicted octanol–water partition coefficient (Wildman–Crippen LogP) is 2.79. The van der Waals surface area contributed by atoms with Crippen LogP contribution in [0.2, 0.25) is 0 Å². The molecule has 0 unspecified atom stereocenters. The number of aryl methyl sites for hydroxylation is 3. The summed E-state index contributed by atoms with van der Waals surface area (Å²) in [5.41, 5.74) is 0.646. The molecule has 102 valence electrons. The van der Waals surface area contributed by atoms with Crippen molar-refractivity contribution < 1.29 is 18.4 Å². The molecular formula is C14H17NO4. The molecule has 0 radical (unpaired) electrons. The maximum absolute atomic E-state index is 11.7. The third-order valence-corrected chi connectivity index (χ3v) is 2.70. The van der Waals surface area contributed by atoms with Gasteiger partial charge < -0.3 is 13.6 Å². The first-order chi connectivity index (χ1) is 9.24. The van der Waals surface area contributed by atoms with E-state index in [-0.39, 0.29) is 5.76 Å². The SMILES string of the molecule is CCOC(=O)c1oc(CCc2ccco2)nc1CC. The number of nitrogens with zero attached hydrogens (tertiary/aromatic N) is 1. The van der Waals surface area contributed by atoms with Gasteiger partial charge in [0.1, 0.15) is 5.76 Å². The molecule has 2 aromatic heterocycles. The van der Waals surface area contributed by atoms with E-state index in [1.807, 2.05) is 19.1 Å². The van der Waals surface area contributed by atoms with E-state index in [1.165, 1.54) is 0 Å². The molecule has 19 heavy (non-hydrogen) atoms. The maximum Gasteiger partial charge on any atom is 0.376 e. The van der Waals surface area contributed by atoms with Gasteiger partial charge in [-0.05, 0) is 25.5 Å². The van der Waals surface area contributed by atoms with Crippen molar-refractivity contribution in [2.45, 2.75) is 33.1 Å². The molecule has 0 saturated heterocycles. The van der Waals surface area contributed by atoms with Gasteiger partial charge in [-0.25, -0.2) is 9.78 Å². The molecule has 0 bridgehead atoms. The summed E-state index contributed by atoms with van der Waals surface area (Å²) in [7, 11) is 0. The third kappa shape index (κ3) is 3.24. The summed E-state index contributed by atoms with van der Waals surface area (Å²) in [5, 5.41) is 0. The average Bonchev–Trinajstić information content (AvgIpc) is 3.05. The van der Waals surface area contributed by atoms with Crippen molar-refractivity contribution in [2.75, 3.05) is 6.61 Å². The molecule has 2 heterocycles. The van der Waals surface area contributed by atoms with Crippen LogP contribution in [0.15, 0.2) is 27.2 Å². The maximum atomic E-state index is 11.7. The summed E-state index contributed by atoms with van der Waals surface area (Å²) < 4.78 is 15.7. The monoisotopic (exact) mass is 263 g/mol. The lowest BCUT2D eigenvalue weighted by Gasteiger charge is -1.98. The van der Waals surface area contributed by atoms with Gasteiger partial charge in [0, 0.05) is 12.8 Å². The third-order valence-electron chi connectivity index (χ3n) is 2.70. The molecule has 0 aliphatic carbocycles. The van der Waals surface area contributed by atoms with Gasteiger partial charge in [-0.2, -0.15) is 0 Å². The summed E-state index contributed by atoms with van der Waals surface area (Å²) >= 11 is 0. The van der Waals surface area contributed by atoms with Gasteiger partial charge in [-0.15, -0.1) is 0 Å². The minimum Gasteiger partial charge on any atom is -0.469 e. The van der Waals surface area contributed by atoms with Crippen LogP contribution in [-0.4, -0.2) is 17.6 Å². The molecule has 5 nitrogen and oxygen atoms in total. The largest absolute Gasteiger partial charge is 0.469 e. The normalized spacial score (nSPS) is 10.6. The van der Waals surface area contributed by atoms with Crippen molar-refractivity contribution in [3.05, 3.63) is 41.5 Å². The van der Waals surface area contributed by atoms with Crippen molar-refractivity contribution in [1.29, 1.82) is 0 Å². The van der Waals surface area contributed by atoms with Gasteiger partial charge in [0.15, 0.2) is 5.89 Å². The van der Waals surface area contributed by atoms with Crippen LogP contribution in [-0.2, 0) is 24.0 Å². The van der Waals surface area contributed by atoms with E-state index >= 15 is 0 Å². The number of rotatable bonds is 6. The number of ether oxygens (including phenoxy) is 1. The van der Waals surface area contributed by atoms with Gasteiger partial charge in [0.2, 0.25) is 5.76 Å². The average molecular weight is 263 g/mol. The van der Waals surface area contributed by atoms with Crippen molar-refractivity contribution in [2.24, 2.45) is 0 Å². The lowest BCUT2D eigenvalue weighted by molar-refractivity contribution is 0.0486. The quantitative estimate of drug-likeness (QED) is 0.750. The molecule has 0 N–H and O–H groups in total. The Bertz CT molecular complexity index is 528. The summed E-state index contributed by atoms with van der Waals surface area (Å²) in [6, 6.07) is 3.74. The molecule has 2 rings (SSSR count). The number of hydrogen-bond donors (Lipinski definition) is 0. The topological polar surface area (TPSA) is 65.5 Å². The minimum absolute atomic E-state index is 0.221. The molecule has 0 spiro atoms. The van der Waals surface area contributed by atoms with E-state index in [1.54, 1.807) is 13.2 Å². The van der Waals surface area contributed by atoms with Gasteiger partial charge in [0.05, 0.1) is 18.6 Å². The zero-order valence-corrected chi connectivity index (χ0v) is 11.1. The number of furan rings is 1. The number of carbonyl (C=O) groups is 1. The molecule has 0 fully saturated rings. The fourth-order valence-electron chi connectivity index (χ4n) is 1.79. The van der Waals surface area contributed by atoms with Crippen molar-refractivity contribution in [1.82, 2.24) is 4.98 Å². The summed E-state index contributed by atoms with van der Waals surface area (Å²) in [6.45, 7) is 4.01. The Labute approximate surface area is 111 Å². The van der Waals surface area contributed by atoms with Crippen LogP contribution < -0.4 is 0 Å². The lowest BCUT2D eigenvalue weighted by Crippen LogP contribution is -2.05. The van der Waals surface area contributed by atoms with Crippen molar-refractivity contribution >= 4 is 5.97 Å². The van der Waals surface area contributed by atoms with E-state index < -0.39 is 5.97 Å². The number of hydrogen-bond acceptors (Lipinski definition) is 5. The Morgan fingerprint density at radius 2 is 2.21 bits per heavy atom. The molecule has 5 heteroatoms. The number of esters is 1. The Hall–Kier alpha value is -2.04. The number of carbonyl (C=O) groups excluding carboxylic acids is 1. The smallest absolute Gasteiger partial charge is 0.376 e. The summed E-state index contributed by atoms with van der Waals surface area (Å²) in [5.74, 6) is 1.18. The standard InChI is InChI=1S/C14H17NO4/c1-3-11-13(14(16)17-4-2)19-12(15-11)8-7-10-6-5-9-18-10/h5-6,9H,3-4,7-8H2,1-2H3. The van der Waals surface area contributed by atoms with Crippen LogP contribution >= 0.6 is 0 Å². The Morgan fingerprint density at radius 1 is 1.37 bits per heavy atom. The molecule has 2 aromatic rings.